The van der Waals surface area contributed by atoms with Gasteiger partial charge in [-0.05, 0) is 43.4 Å². The molecule has 1 atom stereocenters. The number of hydrogen-bond donors (Lipinski definition) is 3. The van der Waals surface area contributed by atoms with Gasteiger partial charge < -0.3 is 20.9 Å². The van der Waals surface area contributed by atoms with Crippen molar-refractivity contribution in [2.45, 2.75) is 12.6 Å². The number of nitrogens with one attached hydrogen (secondary N) is 3. The Morgan fingerprint density at radius 1 is 1.04 bits per heavy atom. The standard InChI is InChI=1S/C20H24ClFN4O2/c1-26(2)18(16-5-3-4-6-17(16)21)12-23-19(27)13-25-20(28)24-11-14-7-9-15(22)10-8-14/h3-10,18H,11-13H2,1-2H3,(H,23,27)(H2,24,25,28). The highest BCUT2D eigenvalue weighted by molar-refractivity contribution is 6.31. The summed E-state index contributed by atoms with van der Waals surface area (Å²) in [6.45, 7) is 0.440. The number of carbonyl (C=O) groups is 2. The van der Waals surface area contributed by atoms with Crippen LogP contribution in [0.15, 0.2) is 48.5 Å². The molecule has 2 rings (SSSR count). The fourth-order valence-electron chi connectivity index (χ4n) is 2.60. The Labute approximate surface area is 169 Å². The van der Waals surface area contributed by atoms with E-state index < -0.39 is 6.03 Å². The molecule has 2 aromatic carbocycles. The SMILES string of the molecule is CN(C)C(CNC(=O)CNC(=O)NCc1ccc(F)cc1)c1ccccc1Cl. The van der Waals surface area contributed by atoms with Crippen molar-refractivity contribution in [2.24, 2.45) is 0 Å². The highest BCUT2D eigenvalue weighted by Crippen LogP contribution is 2.25. The minimum Gasteiger partial charge on any atom is -0.353 e. The third-order valence-corrected chi connectivity index (χ3v) is 4.50. The molecule has 0 radical (unpaired) electrons. The van der Waals surface area contributed by atoms with Gasteiger partial charge in [-0.3, -0.25) is 4.79 Å². The first-order chi connectivity index (χ1) is 13.4. The molecule has 2 aromatic rings. The van der Waals surface area contributed by atoms with Gasteiger partial charge in [0.15, 0.2) is 0 Å². The molecule has 8 heteroatoms. The molecule has 150 valence electrons. The first-order valence-electron chi connectivity index (χ1n) is 8.80. The second-order valence-corrected chi connectivity index (χ2v) is 6.87. The summed E-state index contributed by atoms with van der Waals surface area (Å²) in [5, 5.41) is 8.54. The van der Waals surface area contributed by atoms with E-state index in [0.29, 0.717) is 11.6 Å². The molecule has 0 aliphatic carbocycles. The van der Waals surface area contributed by atoms with Gasteiger partial charge >= 0.3 is 6.03 Å². The van der Waals surface area contributed by atoms with E-state index in [0.717, 1.165) is 11.1 Å². The minimum atomic E-state index is -0.477. The number of likely N-dealkylation sites (N-methyl/N-ethyl adjacent to an activating group) is 1. The fourth-order valence-corrected chi connectivity index (χ4v) is 2.86. The molecular weight excluding hydrogens is 383 g/mol. The van der Waals surface area contributed by atoms with E-state index in [9.17, 15) is 14.0 Å². The van der Waals surface area contributed by atoms with Gasteiger partial charge in [0.2, 0.25) is 5.91 Å². The van der Waals surface area contributed by atoms with Gasteiger partial charge in [-0.2, -0.15) is 0 Å². The van der Waals surface area contributed by atoms with Crippen LogP contribution in [-0.2, 0) is 11.3 Å². The van der Waals surface area contributed by atoms with Crippen LogP contribution in [0.25, 0.3) is 0 Å². The van der Waals surface area contributed by atoms with Crippen LogP contribution in [-0.4, -0.2) is 44.0 Å². The van der Waals surface area contributed by atoms with Crippen molar-refractivity contribution in [1.82, 2.24) is 20.9 Å². The first-order valence-corrected chi connectivity index (χ1v) is 9.18. The van der Waals surface area contributed by atoms with Gasteiger partial charge in [0, 0.05) is 18.1 Å². The molecule has 0 aliphatic rings. The van der Waals surface area contributed by atoms with Crippen LogP contribution in [0, 0.1) is 5.82 Å². The number of carbonyl (C=O) groups excluding carboxylic acids is 2. The summed E-state index contributed by atoms with van der Waals surface area (Å²) in [7, 11) is 3.81. The summed E-state index contributed by atoms with van der Waals surface area (Å²) in [6, 6.07) is 12.7. The molecule has 1 unspecified atom stereocenters. The molecule has 0 aromatic heterocycles. The first kappa shape index (κ1) is 21.7. The van der Waals surface area contributed by atoms with Crippen molar-refractivity contribution in [3.63, 3.8) is 0 Å². The molecule has 6 nitrogen and oxygen atoms in total. The number of amides is 3. The van der Waals surface area contributed by atoms with E-state index in [2.05, 4.69) is 16.0 Å². The summed E-state index contributed by atoms with van der Waals surface area (Å²) >= 11 is 6.25. The second-order valence-electron chi connectivity index (χ2n) is 6.47. The highest BCUT2D eigenvalue weighted by atomic mass is 35.5. The minimum absolute atomic E-state index is 0.0926. The summed E-state index contributed by atoms with van der Waals surface area (Å²) in [4.78, 5) is 25.8. The summed E-state index contributed by atoms with van der Waals surface area (Å²) in [5.74, 6) is -0.645. The molecule has 3 amide bonds. The number of urea groups is 1. The van der Waals surface area contributed by atoms with Crippen LogP contribution in [0.2, 0.25) is 5.02 Å². The Morgan fingerprint density at radius 2 is 1.71 bits per heavy atom. The maximum Gasteiger partial charge on any atom is 0.315 e. The third kappa shape index (κ3) is 6.83. The van der Waals surface area contributed by atoms with E-state index in [-0.39, 0.29) is 30.9 Å². The average molecular weight is 407 g/mol. The van der Waals surface area contributed by atoms with Gasteiger partial charge in [-0.15, -0.1) is 0 Å². The highest BCUT2D eigenvalue weighted by Gasteiger charge is 2.17. The number of hydrogen-bond acceptors (Lipinski definition) is 3. The summed E-state index contributed by atoms with van der Waals surface area (Å²) < 4.78 is 12.9. The fraction of sp³-hybridized carbons (Fsp3) is 0.300. The van der Waals surface area contributed by atoms with Gasteiger partial charge in [0.25, 0.3) is 0 Å². The Hall–Kier alpha value is -2.64. The smallest absolute Gasteiger partial charge is 0.315 e. The lowest BCUT2D eigenvalue weighted by Crippen LogP contribution is -2.43. The zero-order valence-corrected chi connectivity index (χ0v) is 16.6. The maximum atomic E-state index is 12.9. The van der Waals surface area contributed by atoms with E-state index in [1.54, 1.807) is 12.1 Å². The zero-order chi connectivity index (χ0) is 20.5. The van der Waals surface area contributed by atoms with Gasteiger partial charge in [0.05, 0.1) is 12.6 Å². The maximum absolute atomic E-state index is 12.9. The molecule has 0 fully saturated rings. The Morgan fingerprint density at radius 3 is 2.36 bits per heavy atom. The number of rotatable bonds is 8. The van der Waals surface area contributed by atoms with Gasteiger partial charge in [-0.25, -0.2) is 9.18 Å². The molecule has 0 saturated carbocycles. The zero-order valence-electron chi connectivity index (χ0n) is 15.8. The monoisotopic (exact) mass is 406 g/mol. The van der Waals surface area contributed by atoms with Gasteiger partial charge in [-0.1, -0.05) is 41.9 Å². The van der Waals surface area contributed by atoms with Crippen LogP contribution < -0.4 is 16.0 Å². The molecule has 0 spiro atoms. The molecule has 0 bridgehead atoms. The normalized spacial score (nSPS) is 11.8. The number of nitrogens with zero attached hydrogens (tertiary/aromatic N) is 1. The van der Waals surface area contributed by atoms with Crippen molar-refractivity contribution in [1.29, 1.82) is 0 Å². The molecule has 28 heavy (non-hydrogen) atoms. The predicted octanol–water partition coefficient (Wildman–Crippen LogP) is 2.70. The van der Waals surface area contributed by atoms with Crippen molar-refractivity contribution in [3.05, 3.63) is 70.5 Å². The lowest BCUT2D eigenvalue weighted by Gasteiger charge is -2.26. The lowest BCUT2D eigenvalue weighted by atomic mass is 10.1. The summed E-state index contributed by atoms with van der Waals surface area (Å²) in [6.07, 6.45) is 0. The number of halogens is 2. The Balaban J connectivity index is 1.75. The van der Waals surface area contributed by atoms with E-state index in [1.165, 1.54) is 12.1 Å². The van der Waals surface area contributed by atoms with Gasteiger partial charge in [0.1, 0.15) is 5.82 Å². The molecule has 0 heterocycles. The Kier molecular flexibility index (Phi) is 8.22. The van der Waals surface area contributed by atoms with Crippen LogP contribution in [0.3, 0.4) is 0 Å². The van der Waals surface area contributed by atoms with Crippen LogP contribution >= 0.6 is 11.6 Å². The van der Waals surface area contributed by atoms with Crippen molar-refractivity contribution in [3.8, 4) is 0 Å². The summed E-state index contributed by atoms with van der Waals surface area (Å²) in [5.41, 5.74) is 1.68. The Bertz CT molecular complexity index is 799. The van der Waals surface area contributed by atoms with Crippen molar-refractivity contribution < 1.29 is 14.0 Å². The average Bonchev–Trinajstić information content (AvgIpc) is 2.67. The molecular formula is C20H24ClFN4O2. The van der Waals surface area contributed by atoms with Crippen LogP contribution in [0.5, 0.6) is 0 Å². The largest absolute Gasteiger partial charge is 0.353 e. The molecule has 3 N–H and O–H groups in total. The van der Waals surface area contributed by atoms with Crippen LogP contribution in [0.4, 0.5) is 9.18 Å². The van der Waals surface area contributed by atoms with Crippen molar-refractivity contribution >= 4 is 23.5 Å². The second kappa shape index (κ2) is 10.6. The number of benzene rings is 2. The van der Waals surface area contributed by atoms with E-state index in [1.807, 2.05) is 43.3 Å². The quantitative estimate of drug-likeness (QED) is 0.631. The third-order valence-electron chi connectivity index (χ3n) is 4.16. The van der Waals surface area contributed by atoms with E-state index in [4.69, 9.17) is 11.6 Å². The van der Waals surface area contributed by atoms with Crippen LogP contribution in [0.1, 0.15) is 17.2 Å². The lowest BCUT2D eigenvalue weighted by molar-refractivity contribution is -0.120. The van der Waals surface area contributed by atoms with E-state index >= 15 is 0 Å². The predicted molar refractivity (Wildman–Crippen MR) is 108 cm³/mol. The molecule has 0 saturated heterocycles. The van der Waals surface area contributed by atoms with Crippen molar-refractivity contribution in [2.75, 3.05) is 27.2 Å². The topological polar surface area (TPSA) is 73.5 Å². The molecule has 0 aliphatic heterocycles.